The lowest BCUT2D eigenvalue weighted by Gasteiger charge is -2.21. The number of hydrogen-bond donors (Lipinski definition) is 0. The third kappa shape index (κ3) is 3.72. The zero-order valence-electron chi connectivity index (χ0n) is 11.8. The van der Waals surface area contributed by atoms with Crippen LogP contribution >= 0.6 is 34.8 Å². The molecule has 0 atom stereocenters. The highest BCUT2D eigenvalue weighted by Crippen LogP contribution is 2.32. The average molecular weight is 374 g/mol. The van der Waals surface area contributed by atoms with Gasteiger partial charge in [-0.2, -0.15) is 0 Å². The van der Waals surface area contributed by atoms with Gasteiger partial charge in [-0.1, -0.05) is 34.8 Å². The number of ether oxygens (including phenoxy) is 3. The molecule has 120 valence electrons. The summed E-state index contributed by atoms with van der Waals surface area (Å²) in [4.78, 5) is 12.2. The van der Waals surface area contributed by atoms with Crippen LogP contribution in [0.1, 0.15) is 21.5 Å². The van der Waals surface area contributed by atoms with Crippen LogP contribution in [0.2, 0.25) is 15.1 Å². The molecule has 0 saturated carbocycles. The highest BCUT2D eigenvalue weighted by molar-refractivity contribution is 6.35. The number of rotatable bonds is 3. The largest absolute Gasteiger partial charge is 0.467 e. The van der Waals surface area contributed by atoms with Crippen LogP contribution < -0.4 is 4.74 Å². The number of halogens is 3. The lowest BCUT2D eigenvalue weighted by molar-refractivity contribution is -0.0180. The molecule has 1 aliphatic rings. The summed E-state index contributed by atoms with van der Waals surface area (Å²) in [6, 6.07) is 8.06. The van der Waals surface area contributed by atoms with E-state index in [1.807, 2.05) is 0 Å². The molecule has 0 fully saturated rings. The minimum Gasteiger partial charge on any atom is -0.467 e. The average Bonchev–Trinajstić information content (AvgIpc) is 2.54. The Bertz CT molecular complexity index is 761. The van der Waals surface area contributed by atoms with Gasteiger partial charge in [-0.15, -0.1) is 0 Å². The first-order chi connectivity index (χ1) is 11.0. The maximum atomic E-state index is 12.2. The summed E-state index contributed by atoms with van der Waals surface area (Å²) >= 11 is 17.9. The molecule has 2 aromatic rings. The zero-order valence-corrected chi connectivity index (χ0v) is 14.0. The first-order valence-corrected chi connectivity index (χ1v) is 7.82. The normalized spacial score (nSPS) is 13.2. The van der Waals surface area contributed by atoms with Crippen molar-refractivity contribution in [2.75, 3.05) is 6.79 Å². The van der Waals surface area contributed by atoms with Gasteiger partial charge in [0, 0.05) is 21.2 Å². The Balaban J connectivity index is 1.79. The first kappa shape index (κ1) is 16.4. The van der Waals surface area contributed by atoms with Gasteiger partial charge in [-0.25, -0.2) is 4.79 Å². The van der Waals surface area contributed by atoms with Gasteiger partial charge >= 0.3 is 5.97 Å². The van der Waals surface area contributed by atoms with E-state index in [-0.39, 0.29) is 24.0 Å². The van der Waals surface area contributed by atoms with E-state index < -0.39 is 5.97 Å². The van der Waals surface area contributed by atoms with E-state index in [0.717, 1.165) is 5.56 Å². The maximum absolute atomic E-state index is 12.2. The van der Waals surface area contributed by atoms with Gasteiger partial charge in [0.1, 0.15) is 12.4 Å². The second kappa shape index (κ2) is 6.97. The summed E-state index contributed by atoms with van der Waals surface area (Å²) < 4.78 is 16.0. The van der Waals surface area contributed by atoms with E-state index in [0.29, 0.717) is 28.0 Å². The molecule has 0 aromatic heterocycles. The molecule has 1 aliphatic heterocycles. The highest BCUT2D eigenvalue weighted by atomic mass is 35.5. The number of esters is 1. The molecule has 0 aliphatic carbocycles. The maximum Gasteiger partial charge on any atom is 0.340 e. The van der Waals surface area contributed by atoms with Crippen molar-refractivity contribution in [2.24, 2.45) is 0 Å². The Morgan fingerprint density at radius 1 is 1.13 bits per heavy atom. The van der Waals surface area contributed by atoms with E-state index in [1.54, 1.807) is 24.3 Å². The van der Waals surface area contributed by atoms with Crippen LogP contribution in [0.5, 0.6) is 5.75 Å². The summed E-state index contributed by atoms with van der Waals surface area (Å²) in [5.74, 6) is 0.0592. The van der Waals surface area contributed by atoms with Crippen molar-refractivity contribution in [3.05, 3.63) is 62.1 Å². The second-order valence-electron chi connectivity index (χ2n) is 4.86. The Morgan fingerprint density at radius 3 is 2.78 bits per heavy atom. The van der Waals surface area contributed by atoms with Crippen LogP contribution in [-0.4, -0.2) is 12.8 Å². The Labute approximate surface area is 147 Å². The quantitative estimate of drug-likeness (QED) is 0.720. The minimum absolute atomic E-state index is 0.00453. The van der Waals surface area contributed by atoms with Crippen molar-refractivity contribution in [3.8, 4) is 5.75 Å². The summed E-state index contributed by atoms with van der Waals surface area (Å²) in [5, 5.41) is 1.20. The predicted octanol–water partition coefficient (Wildman–Crippen LogP) is 4.87. The Kier molecular flexibility index (Phi) is 4.97. The lowest BCUT2D eigenvalue weighted by Crippen LogP contribution is -2.14. The molecular weight excluding hydrogens is 363 g/mol. The summed E-state index contributed by atoms with van der Waals surface area (Å²) in [5.41, 5.74) is 1.69. The van der Waals surface area contributed by atoms with E-state index in [4.69, 9.17) is 49.0 Å². The van der Waals surface area contributed by atoms with Gasteiger partial charge in [0.15, 0.2) is 6.79 Å². The number of carbonyl (C=O) groups excluding carboxylic acids is 1. The van der Waals surface area contributed by atoms with Gasteiger partial charge in [-0.05, 0) is 30.3 Å². The molecule has 0 N–H and O–H groups in total. The van der Waals surface area contributed by atoms with Crippen LogP contribution in [0.15, 0.2) is 30.3 Å². The zero-order chi connectivity index (χ0) is 16.4. The van der Waals surface area contributed by atoms with Crippen molar-refractivity contribution in [1.29, 1.82) is 0 Å². The topological polar surface area (TPSA) is 44.8 Å². The summed E-state index contributed by atoms with van der Waals surface area (Å²) in [6.07, 6.45) is 0. The third-order valence-corrected chi connectivity index (χ3v) is 4.04. The molecule has 1 heterocycles. The van der Waals surface area contributed by atoms with Crippen LogP contribution in [0.25, 0.3) is 0 Å². The van der Waals surface area contributed by atoms with Crippen LogP contribution in [0, 0.1) is 0 Å². The van der Waals surface area contributed by atoms with E-state index in [9.17, 15) is 4.79 Å². The van der Waals surface area contributed by atoms with Crippen LogP contribution in [-0.2, 0) is 22.7 Å². The van der Waals surface area contributed by atoms with Gasteiger partial charge < -0.3 is 14.2 Å². The van der Waals surface area contributed by atoms with E-state index in [2.05, 4.69) is 0 Å². The number of benzene rings is 2. The number of fused-ring (bicyclic) bond motifs is 1. The molecule has 0 amide bonds. The van der Waals surface area contributed by atoms with Crippen molar-refractivity contribution in [2.45, 2.75) is 13.2 Å². The summed E-state index contributed by atoms with van der Waals surface area (Å²) in [7, 11) is 0. The van der Waals surface area contributed by atoms with Crippen molar-refractivity contribution >= 4 is 40.8 Å². The molecule has 23 heavy (non-hydrogen) atoms. The van der Waals surface area contributed by atoms with E-state index in [1.165, 1.54) is 6.07 Å². The molecule has 3 rings (SSSR count). The Hall–Kier alpha value is -1.46. The predicted molar refractivity (Wildman–Crippen MR) is 87.3 cm³/mol. The molecular formula is C16H11Cl3O4. The van der Waals surface area contributed by atoms with Gasteiger partial charge in [0.05, 0.1) is 17.2 Å². The SMILES string of the molecule is O=C(OCc1cc(Cl)cc2c1OCOC2)c1cc(Cl)ccc1Cl. The molecule has 0 saturated heterocycles. The molecule has 2 aromatic carbocycles. The summed E-state index contributed by atoms with van der Waals surface area (Å²) in [6.45, 7) is 0.553. The lowest BCUT2D eigenvalue weighted by atomic mass is 10.1. The molecule has 4 nitrogen and oxygen atoms in total. The van der Waals surface area contributed by atoms with Crippen LogP contribution in [0.4, 0.5) is 0 Å². The molecule has 0 bridgehead atoms. The van der Waals surface area contributed by atoms with Crippen LogP contribution in [0.3, 0.4) is 0 Å². The second-order valence-corrected chi connectivity index (χ2v) is 6.14. The monoisotopic (exact) mass is 372 g/mol. The van der Waals surface area contributed by atoms with Gasteiger partial charge in [-0.3, -0.25) is 0 Å². The minimum atomic E-state index is -0.571. The van der Waals surface area contributed by atoms with Crippen molar-refractivity contribution < 1.29 is 19.0 Å². The standard InChI is InChI=1S/C16H11Cl3O4/c17-11-1-2-14(19)13(5-11)16(20)22-7-10-4-12(18)3-9-6-21-8-23-15(9)10/h1-5H,6-8H2. The third-order valence-electron chi connectivity index (χ3n) is 3.26. The fourth-order valence-corrected chi connectivity index (χ4v) is 2.87. The fraction of sp³-hybridized carbons (Fsp3) is 0.188. The van der Waals surface area contributed by atoms with Gasteiger partial charge in [0.2, 0.25) is 0 Å². The number of carbonyl (C=O) groups is 1. The number of hydrogen-bond acceptors (Lipinski definition) is 4. The molecule has 0 unspecified atom stereocenters. The van der Waals surface area contributed by atoms with Gasteiger partial charge in [0.25, 0.3) is 0 Å². The Morgan fingerprint density at radius 2 is 1.96 bits per heavy atom. The molecule has 0 spiro atoms. The van der Waals surface area contributed by atoms with E-state index >= 15 is 0 Å². The highest BCUT2D eigenvalue weighted by Gasteiger charge is 2.19. The molecule has 0 radical (unpaired) electrons. The first-order valence-electron chi connectivity index (χ1n) is 6.68. The van der Waals surface area contributed by atoms with Crippen molar-refractivity contribution in [1.82, 2.24) is 0 Å². The fourth-order valence-electron chi connectivity index (χ4n) is 2.24. The van der Waals surface area contributed by atoms with Crippen molar-refractivity contribution in [3.63, 3.8) is 0 Å². The smallest absolute Gasteiger partial charge is 0.340 e. The molecule has 7 heteroatoms.